The van der Waals surface area contributed by atoms with Crippen LogP contribution in [0.4, 0.5) is 0 Å². The molecule has 1 aliphatic heterocycles. The number of hydrogen-bond acceptors (Lipinski definition) is 5. The van der Waals surface area contributed by atoms with Gasteiger partial charge in [-0.3, -0.25) is 4.79 Å². The lowest BCUT2D eigenvalue weighted by molar-refractivity contribution is 0.0951. The molecule has 0 radical (unpaired) electrons. The molecule has 8 heteroatoms. The number of nitrogens with zero attached hydrogens (tertiary/aromatic N) is 1. The summed E-state index contributed by atoms with van der Waals surface area (Å²) in [5.74, 6) is 0.493. The molecular formula is C24H35N3O3S2. The molecule has 1 saturated heterocycles. The molecule has 1 fully saturated rings. The van der Waals surface area contributed by atoms with Gasteiger partial charge in [-0.05, 0) is 49.6 Å². The Kier molecular flexibility index (Phi) is 9.28. The number of hydrogen-bond donors (Lipinski definition) is 2. The van der Waals surface area contributed by atoms with Crippen LogP contribution in [-0.2, 0) is 16.6 Å². The van der Waals surface area contributed by atoms with E-state index >= 15 is 0 Å². The zero-order valence-corrected chi connectivity index (χ0v) is 20.7. The molecule has 1 aliphatic rings. The maximum Gasteiger partial charge on any atom is 0.252 e. The summed E-state index contributed by atoms with van der Waals surface area (Å²) >= 11 is 1.23. The van der Waals surface area contributed by atoms with Crippen LogP contribution < -0.4 is 10.6 Å². The van der Waals surface area contributed by atoms with E-state index in [2.05, 4.69) is 24.5 Å². The van der Waals surface area contributed by atoms with E-state index in [9.17, 15) is 13.2 Å². The van der Waals surface area contributed by atoms with Gasteiger partial charge < -0.3 is 10.6 Å². The molecule has 2 atom stereocenters. The normalized spacial score (nSPS) is 18.0. The average molecular weight is 478 g/mol. The zero-order valence-electron chi connectivity index (χ0n) is 19.0. The van der Waals surface area contributed by atoms with Gasteiger partial charge >= 0.3 is 0 Å². The Bertz CT molecular complexity index is 960. The van der Waals surface area contributed by atoms with Gasteiger partial charge in [0.15, 0.2) is 0 Å². The second-order valence-corrected chi connectivity index (χ2v) is 11.8. The van der Waals surface area contributed by atoms with Gasteiger partial charge in [-0.2, -0.15) is 4.31 Å². The second kappa shape index (κ2) is 11.9. The predicted molar refractivity (Wildman–Crippen MR) is 130 cm³/mol. The van der Waals surface area contributed by atoms with Gasteiger partial charge in [-0.25, -0.2) is 8.42 Å². The summed E-state index contributed by atoms with van der Waals surface area (Å²) in [6.07, 6.45) is 5.69. The fourth-order valence-electron chi connectivity index (χ4n) is 3.97. The molecule has 1 amide bonds. The molecule has 6 nitrogen and oxygen atoms in total. The number of rotatable bonds is 12. The monoisotopic (exact) mass is 477 g/mol. The van der Waals surface area contributed by atoms with Crippen LogP contribution in [0, 0.1) is 5.92 Å². The largest absolute Gasteiger partial charge is 0.347 e. The SMILES string of the molecule is CCCCC(CC)CNC1CCN(S(=O)(=O)c2ccc(CNC(=O)c3ccccc3)s2)C1. The van der Waals surface area contributed by atoms with Gasteiger partial charge in [0.25, 0.3) is 15.9 Å². The van der Waals surface area contributed by atoms with Crippen molar-refractivity contribution < 1.29 is 13.2 Å². The lowest BCUT2D eigenvalue weighted by atomic mass is 9.99. The number of unbranched alkanes of at least 4 members (excludes halogenated alkanes) is 1. The molecule has 2 unspecified atom stereocenters. The Morgan fingerprint density at radius 3 is 2.69 bits per heavy atom. The molecule has 2 N–H and O–H groups in total. The van der Waals surface area contributed by atoms with Crippen LogP contribution in [0.1, 0.15) is 61.2 Å². The van der Waals surface area contributed by atoms with Crippen molar-refractivity contribution in [2.75, 3.05) is 19.6 Å². The number of thiophene rings is 1. The minimum Gasteiger partial charge on any atom is -0.347 e. The Morgan fingerprint density at radius 1 is 1.19 bits per heavy atom. The van der Waals surface area contributed by atoms with Crippen LogP contribution >= 0.6 is 11.3 Å². The Hall–Kier alpha value is -1.74. The first-order valence-corrected chi connectivity index (χ1v) is 13.8. The minimum atomic E-state index is -3.50. The number of amides is 1. The lowest BCUT2D eigenvalue weighted by Gasteiger charge is -2.20. The minimum absolute atomic E-state index is 0.166. The van der Waals surface area contributed by atoms with Gasteiger partial charge in [-0.15, -0.1) is 11.3 Å². The molecule has 3 rings (SSSR count). The van der Waals surface area contributed by atoms with E-state index in [0.717, 1.165) is 24.3 Å². The van der Waals surface area contributed by atoms with Gasteiger partial charge in [0.2, 0.25) is 0 Å². The molecule has 1 aromatic carbocycles. The van der Waals surface area contributed by atoms with Gasteiger partial charge in [-0.1, -0.05) is 51.3 Å². The topological polar surface area (TPSA) is 78.5 Å². The Morgan fingerprint density at radius 2 is 1.97 bits per heavy atom. The van der Waals surface area contributed by atoms with Gasteiger partial charge in [0.1, 0.15) is 4.21 Å². The predicted octanol–water partition coefficient (Wildman–Crippen LogP) is 4.25. The van der Waals surface area contributed by atoms with E-state index in [-0.39, 0.29) is 11.9 Å². The standard InChI is InChI=1S/C24H35N3O3S2/c1-3-5-9-19(4-2)16-25-21-14-15-27(18-21)32(29,30)23-13-12-22(31-23)17-26-24(28)20-10-7-6-8-11-20/h6-8,10-13,19,21,25H,3-5,9,14-18H2,1-2H3,(H,26,28). The zero-order chi connectivity index (χ0) is 23.0. The van der Waals surface area contributed by atoms with Crippen molar-refractivity contribution in [1.29, 1.82) is 0 Å². The number of benzene rings is 1. The third kappa shape index (κ3) is 6.63. The summed E-state index contributed by atoms with van der Waals surface area (Å²) in [7, 11) is -3.50. The van der Waals surface area contributed by atoms with Crippen molar-refractivity contribution in [1.82, 2.24) is 14.9 Å². The summed E-state index contributed by atoms with van der Waals surface area (Å²) < 4.78 is 28.2. The highest BCUT2D eigenvalue weighted by Gasteiger charge is 2.33. The number of carbonyl (C=O) groups is 1. The van der Waals surface area contributed by atoms with E-state index < -0.39 is 10.0 Å². The molecule has 2 heterocycles. The van der Waals surface area contributed by atoms with E-state index in [4.69, 9.17) is 0 Å². The van der Waals surface area contributed by atoms with Crippen LogP contribution in [0.3, 0.4) is 0 Å². The summed E-state index contributed by atoms with van der Waals surface area (Å²) in [5.41, 5.74) is 0.590. The third-order valence-electron chi connectivity index (χ3n) is 6.08. The van der Waals surface area contributed by atoms with Crippen LogP contribution in [0.2, 0.25) is 0 Å². The molecular weight excluding hydrogens is 442 g/mol. The fraction of sp³-hybridized carbons (Fsp3) is 0.542. The van der Waals surface area contributed by atoms with E-state index in [1.807, 2.05) is 18.2 Å². The molecule has 32 heavy (non-hydrogen) atoms. The van der Waals surface area contributed by atoms with Crippen molar-refractivity contribution in [3.8, 4) is 0 Å². The summed E-state index contributed by atoms with van der Waals surface area (Å²) in [5, 5.41) is 6.46. The van der Waals surface area contributed by atoms with E-state index in [0.29, 0.717) is 35.3 Å². The Labute approximate surface area is 196 Å². The molecule has 0 aliphatic carbocycles. The Balaban J connectivity index is 1.51. The van der Waals surface area contributed by atoms with Crippen LogP contribution in [0.25, 0.3) is 0 Å². The van der Waals surface area contributed by atoms with Gasteiger partial charge in [0.05, 0.1) is 6.54 Å². The van der Waals surface area contributed by atoms with E-state index in [1.54, 1.807) is 28.6 Å². The highest BCUT2D eigenvalue weighted by Crippen LogP contribution is 2.27. The van der Waals surface area contributed by atoms with Crippen LogP contribution in [-0.4, -0.2) is 44.3 Å². The van der Waals surface area contributed by atoms with Crippen molar-refractivity contribution in [3.63, 3.8) is 0 Å². The van der Waals surface area contributed by atoms with Crippen molar-refractivity contribution in [2.45, 2.75) is 62.7 Å². The summed E-state index contributed by atoms with van der Waals surface area (Å²) in [6, 6.07) is 12.7. The smallest absolute Gasteiger partial charge is 0.252 e. The summed E-state index contributed by atoms with van der Waals surface area (Å²) in [6.45, 7) is 6.78. The van der Waals surface area contributed by atoms with Gasteiger partial charge in [0, 0.05) is 29.6 Å². The maximum atomic E-state index is 13.1. The summed E-state index contributed by atoms with van der Waals surface area (Å²) in [4.78, 5) is 13.0. The van der Waals surface area contributed by atoms with Crippen LogP contribution in [0.5, 0.6) is 0 Å². The average Bonchev–Trinajstić information content (AvgIpc) is 3.49. The van der Waals surface area contributed by atoms with Crippen molar-refractivity contribution in [2.24, 2.45) is 5.92 Å². The quantitative estimate of drug-likeness (QED) is 0.479. The molecule has 0 saturated carbocycles. The maximum absolute atomic E-state index is 13.1. The lowest BCUT2D eigenvalue weighted by Crippen LogP contribution is -2.37. The molecule has 0 spiro atoms. The third-order valence-corrected chi connectivity index (χ3v) is 9.50. The fourth-order valence-corrected chi connectivity index (χ4v) is 6.92. The molecule has 2 aromatic rings. The first-order valence-electron chi connectivity index (χ1n) is 11.6. The van der Waals surface area contributed by atoms with Crippen molar-refractivity contribution in [3.05, 3.63) is 52.9 Å². The van der Waals surface area contributed by atoms with Crippen LogP contribution in [0.15, 0.2) is 46.7 Å². The highest BCUT2D eigenvalue weighted by atomic mass is 32.2. The first kappa shape index (κ1) is 24.9. The number of sulfonamides is 1. The first-order chi connectivity index (χ1) is 15.4. The second-order valence-electron chi connectivity index (χ2n) is 8.44. The number of carbonyl (C=O) groups excluding carboxylic acids is 1. The molecule has 0 bridgehead atoms. The molecule has 176 valence electrons. The molecule has 1 aromatic heterocycles. The highest BCUT2D eigenvalue weighted by molar-refractivity contribution is 7.91. The van der Waals surface area contributed by atoms with Crippen molar-refractivity contribution >= 4 is 27.3 Å². The van der Waals surface area contributed by atoms with E-state index in [1.165, 1.54) is 30.6 Å². The number of nitrogens with one attached hydrogen (secondary N) is 2.